The molecule has 1 N–H and O–H groups in total. The minimum Gasteiger partial charge on any atom is -0.376 e. The van der Waals surface area contributed by atoms with Crippen molar-refractivity contribution in [3.8, 4) is 0 Å². The number of hydrogen-bond donors (Lipinski definition) is 1. The zero-order valence-electron chi connectivity index (χ0n) is 12.3. The number of ether oxygens (including phenoxy) is 1. The number of sulfonamides is 1. The summed E-state index contributed by atoms with van der Waals surface area (Å²) in [5.41, 5.74) is 0.456. The Labute approximate surface area is 139 Å². The summed E-state index contributed by atoms with van der Waals surface area (Å²) in [6.45, 7) is 0.888. The number of carbonyl (C=O) groups excluding carboxylic acids is 1. The van der Waals surface area contributed by atoms with Crippen LogP contribution in [0.1, 0.15) is 12.8 Å². The van der Waals surface area contributed by atoms with Crippen molar-refractivity contribution in [2.45, 2.75) is 18.9 Å². The molecular weight excluding hydrogens is 372 g/mol. The van der Waals surface area contributed by atoms with Gasteiger partial charge >= 0.3 is 0 Å². The molecular formula is C14H19BrN2O4S. The highest BCUT2D eigenvalue weighted by Gasteiger charge is 2.22. The number of nitrogens with one attached hydrogen (secondary N) is 1. The van der Waals surface area contributed by atoms with Gasteiger partial charge in [-0.05, 0) is 37.1 Å². The van der Waals surface area contributed by atoms with Gasteiger partial charge in [-0.2, -0.15) is 0 Å². The first-order valence-corrected chi connectivity index (χ1v) is 9.62. The van der Waals surface area contributed by atoms with E-state index in [-0.39, 0.29) is 18.6 Å². The summed E-state index contributed by atoms with van der Waals surface area (Å²) < 4.78 is 31.2. The van der Waals surface area contributed by atoms with Gasteiger partial charge in [0.2, 0.25) is 15.9 Å². The van der Waals surface area contributed by atoms with Crippen molar-refractivity contribution in [1.29, 1.82) is 0 Å². The van der Waals surface area contributed by atoms with E-state index in [1.54, 1.807) is 24.3 Å². The van der Waals surface area contributed by atoms with Crippen molar-refractivity contribution in [1.82, 2.24) is 5.32 Å². The molecule has 1 fully saturated rings. The number of benzene rings is 1. The molecule has 1 aliphatic rings. The van der Waals surface area contributed by atoms with Crippen molar-refractivity contribution < 1.29 is 17.9 Å². The van der Waals surface area contributed by atoms with E-state index in [9.17, 15) is 13.2 Å². The van der Waals surface area contributed by atoms with Crippen LogP contribution in [0.5, 0.6) is 0 Å². The smallest absolute Gasteiger partial charge is 0.240 e. The first kappa shape index (κ1) is 17.2. The molecule has 1 unspecified atom stereocenters. The second-order valence-electron chi connectivity index (χ2n) is 5.19. The second kappa shape index (κ2) is 7.43. The highest BCUT2D eigenvalue weighted by Crippen LogP contribution is 2.20. The Morgan fingerprint density at radius 1 is 1.41 bits per heavy atom. The third kappa shape index (κ3) is 4.96. The third-order valence-corrected chi connectivity index (χ3v) is 5.02. The van der Waals surface area contributed by atoms with Gasteiger partial charge in [-0.1, -0.05) is 15.9 Å². The number of anilines is 1. The van der Waals surface area contributed by atoms with E-state index < -0.39 is 10.0 Å². The third-order valence-electron chi connectivity index (χ3n) is 3.35. The maximum absolute atomic E-state index is 12.0. The number of halogens is 1. The van der Waals surface area contributed by atoms with Crippen LogP contribution in [-0.2, 0) is 19.6 Å². The summed E-state index contributed by atoms with van der Waals surface area (Å²) in [6, 6.07) is 6.77. The molecule has 1 heterocycles. The van der Waals surface area contributed by atoms with Gasteiger partial charge in [0.15, 0.2) is 0 Å². The number of hydrogen-bond acceptors (Lipinski definition) is 4. The normalized spacial score (nSPS) is 18.2. The fraction of sp³-hybridized carbons (Fsp3) is 0.500. The molecule has 0 radical (unpaired) electrons. The Bertz CT molecular complexity index is 612. The standard InChI is InChI=1S/C14H19BrN2O4S/c1-22(19,20)17(12-6-4-11(15)5-7-12)10-14(18)16-9-13-3-2-8-21-13/h4-7,13H,2-3,8-10H2,1H3,(H,16,18). The molecule has 122 valence electrons. The predicted molar refractivity (Wildman–Crippen MR) is 88.3 cm³/mol. The van der Waals surface area contributed by atoms with Crippen LogP contribution >= 0.6 is 15.9 Å². The van der Waals surface area contributed by atoms with Crippen molar-refractivity contribution in [2.75, 3.05) is 30.3 Å². The number of carbonyl (C=O) groups is 1. The molecule has 1 aliphatic heterocycles. The van der Waals surface area contributed by atoms with Gasteiger partial charge in [0, 0.05) is 17.6 Å². The lowest BCUT2D eigenvalue weighted by Gasteiger charge is -2.22. The summed E-state index contributed by atoms with van der Waals surface area (Å²) >= 11 is 3.30. The summed E-state index contributed by atoms with van der Waals surface area (Å²) in [6.07, 6.45) is 3.03. The van der Waals surface area contributed by atoms with E-state index >= 15 is 0 Å². The van der Waals surface area contributed by atoms with E-state index in [2.05, 4.69) is 21.2 Å². The molecule has 1 atom stereocenters. The number of rotatable bonds is 6. The maximum Gasteiger partial charge on any atom is 0.240 e. The van der Waals surface area contributed by atoms with Gasteiger partial charge in [0.05, 0.1) is 18.0 Å². The fourth-order valence-corrected chi connectivity index (χ4v) is 3.35. The SMILES string of the molecule is CS(=O)(=O)N(CC(=O)NCC1CCCO1)c1ccc(Br)cc1. The lowest BCUT2D eigenvalue weighted by atomic mass is 10.2. The molecule has 1 aromatic carbocycles. The zero-order chi connectivity index (χ0) is 16.2. The van der Waals surface area contributed by atoms with Crippen LogP contribution in [0.15, 0.2) is 28.7 Å². The van der Waals surface area contributed by atoms with E-state index in [1.165, 1.54) is 0 Å². The van der Waals surface area contributed by atoms with E-state index in [4.69, 9.17) is 4.74 Å². The van der Waals surface area contributed by atoms with Crippen molar-refractivity contribution >= 4 is 37.5 Å². The van der Waals surface area contributed by atoms with Crippen LogP contribution in [-0.4, -0.2) is 46.4 Å². The van der Waals surface area contributed by atoms with Gasteiger partial charge in [0.25, 0.3) is 0 Å². The molecule has 1 saturated heterocycles. The fourth-order valence-electron chi connectivity index (χ4n) is 2.23. The number of nitrogens with zero attached hydrogens (tertiary/aromatic N) is 1. The highest BCUT2D eigenvalue weighted by atomic mass is 79.9. The van der Waals surface area contributed by atoms with Gasteiger partial charge in [0.1, 0.15) is 6.54 Å². The Morgan fingerprint density at radius 3 is 2.64 bits per heavy atom. The molecule has 0 aliphatic carbocycles. The molecule has 8 heteroatoms. The molecule has 0 bridgehead atoms. The van der Waals surface area contributed by atoms with Crippen molar-refractivity contribution in [3.05, 3.63) is 28.7 Å². The molecule has 2 rings (SSSR count). The molecule has 22 heavy (non-hydrogen) atoms. The minimum absolute atomic E-state index is 0.0308. The Kier molecular flexibility index (Phi) is 5.82. The molecule has 1 amide bonds. The van der Waals surface area contributed by atoms with Crippen LogP contribution in [0.25, 0.3) is 0 Å². The molecule has 0 saturated carbocycles. The average molecular weight is 391 g/mol. The summed E-state index contributed by atoms with van der Waals surface area (Å²) in [5.74, 6) is -0.344. The van der Waals surface area contributed by atoms with Gasteiger partial charge in [-0.25, -0.2) is 8.42 Å². The lowest BCUT2D eigenvalue weighted by molar-refractivity contribution is -0.120. The van der Waals surface area contributed by atoms with Crippen LogP contribution < -0.4 is 9.62 Å². The number of amides is 1. The molecule has 0 aromatic heterocycles. The van der Waals surface area contributed by atoms with E-state index in [0.29, 0.717) is 12.2 Å². The lowest BCUT2D eigenvalue weighted by Crippen LogP contribution is -2.42. The van der Waals surface area contributed by atoms with Gasteiger partial charge in [-0.3, -0.25) is 9.10 Å². The Hall–Kier alpha value is -1.12. The van der Waals surface area contributed by atoms with Crippen molar-refractivity contribution in [3.63, 3.8) is 0 Å². The van der Waals surface area contributed by atoms with E-state index in [1.807, 2.05) is 0 Å². The van der Waals surface area contributed by atoms with Crippen LogP contribution in [0.4, 0.5) is 5.69 Å². The quantitative estimate of drug-likeness (QED) is 0.798. The first-order chi connectivity index (χ1) is 10.4. The maximum atomic E-state index is 12.0. The van der Waals surface area contributed by atoms with Crippen molar-refractivity contribution in [2.24, 2.45) is 0 Å². The van der Waals surface area contributed by atoms with Crippen LogP contribution in [0.3, 0.4) is 0 Å². The first-order valence-electron chi connectivity index (χ1n) is 6.98. The van der Waals surface area contributed by atoms with Gasteiger partial charge in [-0.15, -0.1) is 0 Å². The monoisotopic (exact) mass is 390 g/mol. The predicted octanol–water partition coefficient (Wildman–Crippen LogP) is 1.51. The molecule has 0 spiro atoms. The van der Waals surface area contributed by atoms with Crippen LogP contribution in [0, 0.1) is 0 Å². The van der Waals surface area contributed by atoms with Crippen LogP contribution in [0.2, 0.25) is 0 Å². The highest BCUT2D eigenvalue weighted by molar-refractivity contribution is 9.10. The Balaban J connectivity index is 2.00. The summed E-state index contributed by atoms with van der Waals surface area (Å²) in [4.78, 5) is 12.0. The average Bonchev–Trinajstić information content (AvgIpc) is 2.96. The minimum atomic E-state index is -3.54. The zero-order valence-corrected chi connectivity index (χ0v) is 14.7. The summed E-state index contributed by atoms with van der Waals surface area (Å²) in [5, 5.41) is 2.73. The molecule has 1 aromatic rings. The van der Waals surface area contributed by atoms with Gasteiger partial charge < -0.3 is 10.1 Å². The van der Waals surface area contributed by atoms with E-state index in [0.717, 1.165) is 34.5 Å². The molecule has 6 nitrogen and oxygen atoms in total. The topological polar surface area (TPSA) is 75.7 Å². The largest absolute Gasteiger partial charge is 0.376 e. The summed E-state index contributed by atoms with van der Waals surface area (Å²) in [7, 11) is -3.54. The second-order valence-corrected chi connectivity index (χ2v) is 8.01. The Morgan fingerprint density at radius 2 is 2.09 bits per heavy atom.